The number of carbonyl (C=O) groups is 1. The second-order valence-electron chi connectivity index (χ2n) is 3.55. The molecule has 4 nitrogen and oxygen atoms in total. The Morgan fingerprint density at radius 2 is 2.00 bits per heavy atom. The number of amides is 1. The van der Waals surface area contributed by atoms with E-state index in [0.717, 1.165) is 8.95 Å². The number of nitrogens with zero attached hydrogens (tertiary/aromatic N) is 1. The lowest BCUT2D eigenvalue weighted by atomic mass is 10.2. The molecule has 0 spiro atoms. The van der Waals surface area contributed by atoms with Crippen LogP contribution in [0.5, 0.6) is 0 Å². The highest BCUT2D eigenvalue weighted by molar-refractivity contribution is 9.11. The quantitative estimate of drug-likeness (QED) is 0.850. The maximum Gasteiger partial charge on any atom is 0.257 e. The van der Waals surface area contributed by atoms with Gasteiger partial charge in [0, 0.05) is 15.1 Å². The highest BCUT2D eigenvalue weighted by atomic mass is 79.9. The summed E-state index contributed by atoms with van der Waals surface area (Å²) in [6.45, 7) is 0. The molecule has 0 aliphatic rings. The van der Waals surface area contributed by atoms with E-state index in [1.54, 1.807) is 12.1 Å². The van der Waals surface area contributed by atoms with E-state index in [2.05, 4.69) is 42.2 Å². The Bertz CT molecular complexity index is 584. The first-order valence-corrected chi connectivity index (χ1v) is 6.63. The third-order valence-electron chi connectivity index (χ3n) is 2.23. The van der Waals surface area contributed by atoms with E-state index < -0.39 is 0 Å². The standard InChI is InChI=1S/C12H9Br2N3O/c13-8-2-3-9(14)10(5-8)17-12(18)7-1-4-11(15)16-6-7/h1-6H,(H2,15,16)(H,17,18). The molecule has 18 heavy (non-hydrogen) atoms. The predicted octanol–water partition coefficient (Wildman–Crippen LogP) is 3.44. The molecule has 0 saturated carbocycles. The first-order valence-electron chi connectivity index (χ1n) is 5.04. The fourth-order valence-electron chi connectivity index (χ4n) is 1.33. The second-order valence-corrected chi connectivity index (χ2v) is 5.32. The number of hydrogen-bond acceptors (Lipinski definition) is 3. The molecular formula is C12H9Br2N3O. The molecule has 92 valence electrons. The molecule has 0 unspecified atom stereocenters. The summed E-state index contributed by atoms with van der Waals surface area (Å²) in [5, 5.41) is 2.79. The van der Waals surface area contributed by atoms with Gasteiger partial charge in [0.25, 0.3) is 5.91 Å². The second kappa shape index (κ2) is 5.49. The van der Waals surface area contributed by atoms with E-state index in [-0.39, 0.29) is 5.91 Å². The number of carbonyl (C=O) groups excluding carboxylic acids is 1. The van der Waals surface area contributed by atoms with Crippen molar-refractivity contribution in [3.63, 3.8) is 0 Å². The van der Waals surface area contributed by atoms with Crippen molar-refractivity contribution in [3.8, 4) is 0 Å². The molecule has 0 aliphatic heterocycles. The van der Waals surface area contributed by atoms with Crippen LogP contribution in [0.25, 0.3) is 0 Å². The number of nitrogens with two attached hydrogens (primary N) is 1. The van der Waals surface area contributed by atoms with Gasteiger partial charge in [-0.1, -0.05) is 15.9 Å². The Morgan fingerprint density at radius 3 is 2.67 bits per heavy atom. The molecule has 2 aromatic rings. The summed E-state index contributed by atoms with van der Waals surface area (Å²) in [4.78, 5) is 15.8. The van der Waals surface area contributed by atoms with E-state index in [9.17, 15) is 4.79 Å². The van der Waals surface area contributed by atoms with E-state index in [1.165, 1.54) is 6.20 Å². The van der Waals surface area contributed by atoms with Gasteiger partial charge in [0.15, 0.2) is 0 Å². The van der Waals surface area contributed by atoms with Gasteiger partial charge >= 0.3 is 0 Å². The van der Waals surface area contributed by atoms with Crippen molar-refractivity contribution in [1.82, 2.24) is 4.98 Å². The van der Waals surface area contributed by atoms with Gasteiger partial charge in [-0.15, -0.1) is 0 Å². The monoisotopic (exact) mass is 369 g/mol. The summed E-state index contributed by atoms with van der Waals surface area (Å²) in [5.41, 5.74) is 6.61. The minimum absolute atomic E-state index is 0.235. The molecule has 3 N–H and O–H groups in total. The summed E-state index contributed by atoms with van der Waals surface area (Å²) < 4.78 is 1.69. The molecule has 0 bridgehead atoms. The third kappa shape index (κ3) is 3.08. The summed E-state index contributed by atoms with van der Waals surface area (Å²) in [7, 11) is 0. The number of nitrogens with one attached hydrogen (secondary N) is 1. The molecule has 6 heteroatoms. The zero-order chi connectivity index (χ0) is 13.1. The van der Waals surface area contributed by atoms with Gasteiger partial charge < -0.3 is 11.1 Å². The van der Waals surface area contributed by atoms with E-state index in [4.69, 9.17) is 5.73 Å². The number of halogens is 2. The van der Waals surface area contributed by atoms with Crippen molar-refractivity contribution in [2.45, 2.75) is 0 Å². The lowest BCUT2D eigenvalue weighted by Gasteiger charge is -2.07. The molecule has 1 amide bonds. The smallest absolute Gasteiger partial charge is 0.257 e. The van der Waals surface area contributed by atoms with Crippen LogP contribution in [0.15, 0.2) is 45.5 Å². The maximum atomic E-state index is 12.0. The van der Waals surface area contributed by atoms with Crippen molar-refractivity contribution in [2.75, 3.05) is 11.1 Å². The average molecular weight is 371 g/mol. The largest absolute Gasteiger partial charge is 0.384 e. The van der Waals surface area contributed by atoms with Crippen molar-refractivity contribution in [1.29, 1.82) is 0 Å². The topological polar surface area (TPSA) is 68.0 Å². The highest BCUT2D eigenvalue weighted by Gasteiger charge is 2.08. The number of pyridine rings is 1. The first-order chi connectivity index (χ1) is 8.56. The van der Waals surface area contributed by atoms with Crippen LogP contribution in [0.4, 0.5) is 11.5 Å². The van der Waals surface area contributed by atoms with Gasteiger partial charge in [-0.25, -0.2) is 4.98 Å². The Balaban J connectivity index is 2.21. The van der Waals surface area contributed by atoms with Crippen molar-refractivity contribution < 1.29 is 4.79 Å². The Hall–Kier alpha value is -1.40. The normalized spacial score (nSPS) is 10.1. The molecule has 0 radical (unpaired) electrons. The molecule has 2 rings (SSSR count). The van der Waals surface area contributed by atoms with Crippen molar-refractivity contribution >= 4 is 49.3 Å². The zero-order valence-corrected chi connectivity index (χ0v) is 12.3. The third-order valence-corrected chi connectivity index (χ3v) is 3.41. The van der Waals surface area contributed by atoms with Gasteiger partial charge in [0.1, 0.15) is 5.82 Å². The lowest BCUT2D eigenvalue weighted by Crippen LogP contribution is -2.12. The van der Waals surface area contributed by atoms with Crippen LogP contribution >= 0.6 is 31.9 Å². The molecule has 0 saturated heterocycles. The van der Waals surface area contributed by atoms with Crippen LogP contribution in [0.2, 0.25) is 0 Å². The van der Waals surface area contributed by atoms with Crippen LogP contribution in [0.3, 0.4) is 0 Å². The van der Waals surface area contributed by atoms with Gasteiger partial charge in [0.05, 0.1) is 11.3 Å². The number of anilines is 2. The molecule has 0 fully saturated rings. The molecule has 1 heterocycles. The number of rotatable bonds is 2. The minimum Gasteiger partial charge on any atom is -0.384 e. The highest BCUT2D eigenvalue weighted by Crippen LogP contribution is 2.26. The molecule has 1 aromatic heterocycles. The Kier molecular flexibility index (Phi) is 3.98. The van der Waals surface area contributed by atoms with Crippen molar-refractivity contribution in [2.24, 2.45) is 0 Å². The molecule has 1 aromatic carbocycles. The summed E-state index contributed by atoms with van der Waals surface area (Å²) >= 11 is 6.72. The molecule has 0 atom stereocenters. The number of hydrogen-bond donors (Lipinski definition) is 2. The Morgan fingerprint density at radius 1 is 1.22 bits per heavy atom. The van der Waals surface area contributed by atoms with Gasteiger partial charge in [-0.2, -0.15) is 0 Å². The van der Waals surface area contributed by atoms with E-state index >= 15 is 0 Å². The summed E-state index contributed by atoms with van der Waals surface area (Å²) in [6.07, 6.45) is 1.44. The Labute approximate surface area is 121 Å². The summed E-state index contributed by atoms with van der Waals surface area (Å²) in [5.74, 6) is 0.150. The van der Waals surface area contributed by atoms with Gasteiger partial charge in [0.2, 0.25) is 0 Å². The van der Waals surface area contributed by atoms with Crippen LogP contribution in [0.1, 0.15) is 10.4 Å². The number of nitrogen functional groups attached to an aromatic ring is 1. The van der Waals surface area contributed by atoms with Crippen LogP contribution < -0.4 is 11.1 Å². The van der Waals surface area contributed by atoms with Crippen LogP contribution in [-0.2, 0) is 0 Å². The fraction of sp³-hybridized carbons (Fsp3) is 0. The van der Waals surface area contributed by atoms with Gasteiger partial charge in [-0.05, 0) is 46.3 Å². The van der Waals surface area contributed by atoms with Crippen LogP contribution in [0, 0.1) is 0 Å². The first kappa shape index (κ1) is 13.0. The van der Waals surface area contributed by atoms with Crippen molar-refractivity contribution in [3.05, 3.63) is 51.0 Å². The van der Waals surface area contributed by atoms with Crippen LogP contribution in [-0.4, -0.2) is 10.9 Å². The number of aromatic nitrogens is 1. The minimum atomic E-state index is -0.235. The summed E-state index contributed by atoms with van der Waals surface area (Å²) in [6, 6.07) is 8.76. The molecular weight excluding hydrogens is 362 g/mol. The maximum absolute atomic E-state index is 12.0. The molecule has 0 aliphatic carbocycles. The lowest BCUT2D eigenvalue weighted by molar-refractivity contribution is 0.102. The van der Waals surface area contributed by atoms with Gasteiger partial charge in [-0.3, -0.25) is 4.79 Å². The van der Waals surface area contributed by atoms with E-state index in [0.29, 0.717) is 17.1 Å². The fourth-order valence-corrected chi connectivity index (χ4v) is 2.03. The average Bonchev–Trinajstić information content (AvgIpc) is 2.34. The SMILES string of the molecule is Nc1ccc(C(=O)Nc2cc(Br)ccc2Br)cn1. The zero-order valence-electron chi connectivity index (χ0n) is 9.15. The number of benzene rings is 1. The predicted molar refractivity (Wildman–Crippen MR) is 78.4 cm³/mol. The van der Waals surface area contributed by atoms with E-state index in [1.807, 2.05) is 18.2 Å².